The lowest BCUT2D eigenvalue weighted by Crippen LogP contribution is -2.34. The molecule has 0 spiro atoms. The average molecular weight is 369 g/mol. The van der Waals surface area contributed by atoms with Gasteiger partial charge in [-0.15, -0.1) is 0 Å². The third kappa shape index (κ3) is 5.73. The van der Waals surface area contributed by atoms with Gasteiger partial charge in [-0.1, -0.05) is 19.3 Å². The van der Waals surface area contributed by atoms with Crippen molar-refractivity contribution in [2.24, 2.45) is 0 Å². The molecule has 0 unspecified atom stereocenters. The Bertz CT molecular complexity index is 482. The first-order valence-corrected chi connectivity index (χ1v) is 8.95. The summed E-state index contributed by atoms with van der Waals surface area (Å²) < 4.78 is 21.1. The highest BCUT2D eigenvalue weighted by molar-refractivity contribution is 5.38. The molecule has 2 rings (SSSR count). The lowest BCUT2D eigenvalue weighted by molar-refractivity contribution is 0.136. The van der Waals surface area contributed by atoms with Crippen LogP contribution in [0.4, 0.5) is 11.9 Å². The van der Waals surface area contributed by atoms with Crippen molar-refractivity contribution in [3.05, 3.63) is 5.82 Å². The van der Waals surface area contributed by atoms with Crippen LogP contribution in [0.25, 0.3) is 0 Å². The molecule has 0 aromatic carbocycles. The maximum absolute atomic E-state index is 5.27. The van der Waals surface area contributed by atoms with Crippen molar-refractivity contribution in [1.29, 1.82) is 0 Å². The lowest BCUT2D eigenvalue weighted by Gasteiger charge is -2.27. The molecule has 1 aliphatic rings. The monoisotopic (exact) mass is 369 g/mol. The fourth-order valence-electron chi connectivity index (χ4n) is 3.12. The van der Waals surface area contributed by atoms with Crippen molar-refractivity contribution in [1.82, 2.24) is 15.0 Å². The van der Waals surface area contributed by atoms with E-state index in [2.05, 4.69) is 4.98 Å². The van der Waals surface area contributed by atoms with Crippen LogP contribution >= 0.6 is 0 Å². The predicted molar refractivity (Wildman–Crippen MR) is 98.1 cm³/mol. The smallest absolute Gasteiger partial charge is 0.234 e. The number of anilines is 2. The van der Waals surface area contributed by atoms with E-state index in [9.17, 15) is 0 Å². The zero-order valence-corrected chi connectivity index (χ0v) is 16.3. The van der Waals surface area contributed by atoms with Crippen LogP contribution in [0, 0.1) is 0 Å². The SMILES string of the molecule is COCN(COC)c1nc(C2CCCCC2)nc(N(COC)COC)n1. The molecule has 0 radical (unpaired) electrons. The molecule has 1 aromatic heterocycles. The summed E-state index contributed by atoms with van der Waals surface area (Å²) in [5.41, 5.74) is 0. The van der Waals surface area contributed by atoms with E-state index in [-0.39, 0.29) is 0 Å². The van der Waals surface area contributed by atoms with E-state index in [0.717, 1.165) is 18.7 Å². The number of hydrogen-bond acceptors (Lipinski definition) is 9. The van der Waals surface area contributed by atoms with Gasteiger partial charge < -0.3 is 18.9 Å². The minimum atomic E-state index is 0.329. The van der Waals surface area contributed by atoms with E-state index in [1.165, 1.54) is 19.3 Å². The van der Waals surface area contributed by atoms with Crippen LogP contribution in [0.2, 0.25) is 0 Å². The Labute approximate surface area is 155 Å². The molecule has 1 heterocycles. The summed E-state index contributed by atoms with van der Waals surface area (Å²) >= 11 is 0. The fourth-order valence-corrected chi connectivity index (χ4v) is 3.12. The highest BCUT2D eigenvalue weighted by Crippen LogP contribution is 2.32. The van der Waals surface area contributed by atoms with Crippen molar-refractivity contribution in [2.45, 2.75) is 38.0 Å². The topological polar surface area (TPSA) is 82.1 Å². The molecular weight excluding hydrogens is 338 g/mol. The maximum Gasteiger partial charge on any atom is 0.234 e. The van der Waals surface area contributed by atoms with Gasteiger partial charge >= 0.3 is 0 Å². The highest BCUT2D eigenvalue weighted by Gasteiger charge is 2.23. The summed E-state index contributed by atoms with van der Waals surface area (Å²) in [7, 11) is 6.54. The second-order valence-electron chi connectivity index (χ2n) is 6.38. The Hall–Kier alpha value is -1.55. The van der Waals surface area contributed by atoms with Gasteiger partial charge in [-0.2, -0.15) is 15.0 Å². The third-order valence-corrected chi connectivity index (χ3v) is 4.30. The van der Waals surface area contributed by atoms with Crippen LogP contribution < -0.4 is 9.80 Å². The summed E-state index contributed by atoms with van der Waals surface area (Å²) in [4.78, 5) is 17.7. The maximum atomic E-state index is 5.27. The molecule has 1 saturated carbocycles. The molecule has 0 atom stereocenters. The summed E-state index contributed by atoms with van der Waals surface area (Å²) in [6, 6.07) is 0. The summed E-state index contributed by atoms with van der Waals surface area (Å²) in [6.45, 7) is 1.32. The first-order valence-electron chi connectivity index (χ1n) is 8.95. The molecule has 0 bridgehead atoms. The van der Waals surface area contributed by atoms with Gasteiger partial charge in [0.2, 0.25) is 11.9 Å². The number of aromatic nitrogens is 3. The van der Waals surface area contributed by atoms with Crippen molar-refractivity contribution in [3.8, 4) is 0 Å². The minimum absolute atomic E-state index is 0.329. The van der Waals surface area contributed by atoms with Crippen LogP contribution in [-0.2, 0) is 18.9 Å². The standard InChI is InChI=1S/C17H31N5O4/c1-23-10-21(11-24-2)16-18-15(14-8-6-5-7-9-14)19-17(20-16)22(12-25-3)13-26-4/h14H,5-13H2,1-4H3. The normalized spacial score (nSPS) is 15.2. The molecule has 26 heavy (non-hydrogen) atoms. The molecule has 0 amide bonds. The van der Waals surface area contributed by atoms with Crippen molar-refractivity contribution in [2.75, 3.05) is 65.2 Å². The molecule has 0 aliphatic heterocycles. The zero-order chi connectivity index (χ0) is 18.8. The van der Waals surface area contributed by atoms with Crippen LogP contribution in [0.1, 0.15) is 43.8 Å². The molecule has 1 fully saturated rings. The number of rotatable bonds is 11. The Morgan fingerprint density at radius 2 is 1.12 bits per heavy atom. The number of methoxy groups -OCH3 is 4. The number of hydrogen-bond donors (Lipinski definition) is 0. The van der Waals surface area contributed by atoms with Gasteiger partial charge in [0.1, 0.15) is 32.7 Å². The Balaban J connectivity index is 2.39. The van der Waals surface area contributed by atoms with Gasteiger partial charge in [0, 0.05) is 34.4 Å². The summed E-state index contributed by atoms with van der Waals surface area (Å²) in [6.07, 6.45) is 5.90. The predicted octanol–water partition coefficient (Wildman–Crippen LogP) is 1.95. The molecular formula is C17H31N5O4. The fraction of sp³-hybridized carbons (Fsp3) is 0.824. The Kier molecular flexibility index (Phi) is 8.96. The van der Waals surface area contributed by atoms with Gasteiger partial charge in [0.15, 0.2) is 0 Å². The van der Waals surface area contributed by atoms with Crippen molar-refractivity contribution in [3.63, 3.8) is 0 Å². The van der Waals surface area contributed by atoms with Crippen LogP contribution in [0.3, 0.4) is 0 Å². The largest absolute Gasteiger partial charge is 0.364 e. The molecule has 9 nitrogen and oxygen atoms in total. The van der Waals surface area contributed by atoms with Gasteiger partial charge in [0.05, 0.1) is 0 Å². The van der Waals surface area contributed by atoms with E-state index in [4.69, 9.17) is 28.9 Å². The lowest BCUT2D eigenvalue weighted by atomic mass is 9.89. The summed E-state index contributed by atoms with van der Waals surface area (Å²) in [5.74, 6) is 2.25. The van der Waals surface area contributed by atoms with E-state index in [0.29, 0.717) is 44.7 Å². The first-order chi connectivity index (χ1) is 12.7. The molecule has 1 aromatic rings. The molecule has 0 N–H and O–H groups in total. The second-order valence-corrected chi connectivity index (χ2v) is 6.38. The van der Waals surface area contributed by atoms with Gasteiger partial charge in [-0.05, 0) is 12.8 Å². The molecule has 1 aliphatic carbocycles. The molecule has 9 heteroatoms. The van der Waals surface area contributed by atoms with E-state index >= 15 is 0 Å². The Morgan fingerprint density at radius 3 is 1.50 bits per heavy atom. The van der Waals surface area contributed by atoms with Crippen molar-refractivity contribution >= 4 is 11.9 Å². The zero-order valence-electron chi connectivity index (χ0n) is 16.3. The quantitative estimate of drug-likeness (QED) is 0.543. The highest BCUT2D eigenvalue weighted by atomic mass is 16.5. The van der Waals surface area contributed by atoms with Crippen LogP contribution in [0.5, 0.6) is 0 Å². The van der Waals surface area contributed by atoms with E-state index < -0.39 is 0 Å². The number of nitrogens with zero attached hydrogens (tertiary/aromatic N) is 5. The van der Waals surface area contributed by atoms with Crippen LogP contribution in [0.15, 0.2) is 0 Å². The van der Waals surface area contributed by atoms with Gasteiger partial charge in [-0.3, -0.25) is 9.80 Å². The molecule has 148 valence electrons. The van der Waals surface area contributed by atoms with Gasteiger partial charge in [-0.25, -0.2) is 0 Å². The third-order valence-electron chi connectivity index (χ3n) is 4.30. The van der Waals surface area contributed by atoms with Crippen molar-refractivity contribution < 1.29 is 18.9 Å². The first kappa shape index (κ1) is 20.8. The summed E-state index contributed by atoms with van der Waals surface area (Å²) in [5, 5.41) is 0. The minimum Gasteiger partial charge on any atom is -0.364 e. The molecule has 0 saturated heterocycles. The van der Waals surface area contributed by atoms with E-state index in [1.807, 2.05) is 9.80 Å². The average Bonchev–Trinajstić information content (AvgIpc) is 2.68. The number of ether oxygens (including phenoxy) is 4. The van der Waals surface area contributed by atoms with Crippen LogP contribution in [-0.4, -0.2) is 70.3 Å². The van der Waals surface area contributed by atoms with Gasteiger partial charge in [0.25, 0.3) is 0 Å². The Morgan fingerprint density at radius 1 is 0.692 bits per heavy atom. The second kappa shape index (κ2) is 11.2. The van der Waals surface area contributed by atoms with E-state index in [1.54, 1.807) is 28.4 Å².